The lowest BCUT2D eigenvalue weighted by atomic mass is 9.49. The van der Waals surface area contributed by atoms with Gasteiger partial charge < -0.3 is 15.2 Å². The van der Waals surface area contributed by atoms with Crippen molar-refractivity contribution in [2.75, 3.05) is 13.7 Å². The molecule has 4 aliphatic rings. The highest BCUT2D eigenvalue weighted by Gasteiger charge is 2.54. The van der Waals surface area contributed by atoms with E-state index in [0.29, 0.717) is 17.8 Å². The van der Waals surface area contributed by atoms with E-state index < -0.39 is 12.1 Å². The van der Waals surface area contributed by atoms with Crippen molar-refractivity contribution in [1.82, 2.24) is 5.32 Å². The van der Waals surface area contributed by atoms with Crippen LogP contribution in [0.15, 0.2) is 0 Å². The van der Waals surface area contributed by atoms with Crippen molar-refractivity contribution < 1.29 is 19.4 Å². The summed E-state index contributed by atoms with van der Waals surface area (Å²) in [6, 6.07) is 0. The van der Waals surface area contributed by atoms with Gasteiger partial charge in [-0.25, -0.2) is 4.79 Å². The normalized spacial score (nSPS) is 39.4. The Balaban J connectivity index is 1.61. The lowest BCUT2D eigenvalue weighted by Crippen LogP contribution is -2.54. The van der Waals surface area contributed by atoms with Gasteiger partial charge in [-0.3, -0.25) is 4.79 Å². The molecule has 0 spiro atoms. The molecule has 1 atom stereocenters. The molecule has 4 bridgehead atoms. The Kier molecular flexibility index (Phi) is 3.48. The second-order valence-electron chi connectivity index (χ2n) is 6.95. The molecule has 0 aliphatic heterocycles. The van der Waals surface area contributed by atoms with Gasteiger partial charge in [-0.2, -0.15) is 0 Å². The first-order valence-electron chi connectivity index (χ1n) is 7.56. The van der Waals surface area contributed by atoms with Crippen LogP contribution in [0, 0.1) is 23.2 Å². The van der Waals surface area contributed by atoms with Gasteiger partial charge in [0.15, 0.2) is 6.10 Å². The van der Waals surface area contributed by atoms with Gasteiger partial charge in [0.25, 0.3) is 0 Å². The second kappa shape index (κ2) is 5.02. The van der Waals surface area contributed by atoms with Crippen molar-refractivity contribution in [3.8, 4) is 0 Å². The third kappa shape index (κ3) is 2.32. The van der Waals surface area contributed by atoms with Gasteiger partial charge in [-0.1, -0.05) is 0 Å². The van der Waals surface area contributed by atoms with Gasteiger partial charge in [-0.05, 0) is 56.3 Å². The number of aliphatic hydroxyl groups excluding tert-OH is 1. The molecule has 2 N–H and O–H groups in total. The van der Waals surface area contributed by atoms with E-state index in [1.165, 1.54) is 26.4 Å². The molecule has 112 valence electrons. The summed E-state index contributed by atoms with van der Waals surface area (Å²) in [6.45, 7) is -0.0484. The highest BCUT2D eigenvalue weighted by molar-refractivity contribution is 5.84. The van der Waals surface area contributed by atoms with Crippen molar-refractivity contribution >= 4 is 11.9 Å². The van der Waals surface area contributed by atoms with Crippen LogP contribution in [-0.2, 0) is 14.3 Å². The van der Waals surface area contributed by atoms with Crippen molar-refractivity contribution in [3.63, 3.8) is 0 Å². The van der Waals surface area contributed by atoms with Crippen molar-refractivity contribution in [2.24, 2.45) is 23.2 Å². The number of hydrogen-bond acceptors (Lipinski definition) is 4. The Morgan fingerprint density at radius 3 is 2.15 bits per heavy atom. The van der Waals surface area contributed by atoms with Crippen LogP contribution in [0.25, 0.3) is 0 Å². The quantitative estimate of drug-likeness (QED) is 0.749. The molecule has 4 aliphatic carbocycles. The lowest BCUT2D eigenvalue weighted by molar-refractivity contribution is -0.152. The summed E-state index contributed by atoms with van der Waals surface area (Å²) in [4.78, 5) is 23.7. The number of carbonyl (C=O) groups is 2. The maximum absolute atomic E-state index is 12.5. The summed E-state index contributed by atoms with van der Waals surface area (Å²) >= 11 is 0. The standard InChI is InChI=1S/C15H23NO4/c1-20-13(18)12(17)8-16-14(19)15-5-9-2-10(6-15)4-11(3-9)7-15/h9-12,17H,2-8H2,1H3,(H,16,19). The molecule has 5 heteroatoms. The number of aliphatic hydroxyl groups is 1. The van der Waals surface area contributed by atoms with Gasteiger partial charge in [0, 0.05) is 5.41 Å². The van der Waals surface area contributed by atoms with Crippen LogP contribution in [0.5, 0.6) is 0 Å². The summed E-state index contributed by atoms with van der Waals surface area (Å²) in [5.41, 5.74) is -0.232. The maximum Gasteiger partial charge on any atom is 0.336 e. The lowest BCUT2D eigenvalue weighted by Gasteiger charge is -2.55. The molecule has 0 aromatic rings. The van der Waals surface area contributed by atoms with Crippen molar-refractivity contribution in [1.29, 1.82) is 0 Å². The highest BCUT2D eigenvalue weighted by Crippen LogP contribution is 2.60. The molecule has 0 radical (unpaired) electrons. The molecule has 5 nitrogen and oxygen atoms in total. The number of hydrogen-bond donors (Lipinski definition) is 2. The maximum atomic E-state index is 12.5. The van der Waals surface area contributed by atoms with Crippen LogP contribution in [0.1, 0.15) is 38.5 Å². The number of methoxy groups -OCH3 is 1. The van der Waals surface area contributed by atoms with Crippen LogP contribution in [0.2, 0.25) is 0 Å². The van der Waals surface area contributed by atoms with Gasteiger partial charge in [0.05, 0.1) is 13.7 Å². The zero-order valence-corrected chi connectivity index (χ0v) is 11.9. The Labute approximate surface area is 119 Å². The minimum absolute atomic E-state index is 0.0274. The predicted octanol–water partition coefficient (Wildman–Crippen LogP) is 0.853. The van der Waals surface area contributed by atoms with E-state index in [2.05, 4.69) is 10.1 Å². The van der Waals surface area contributed by atoms with E-state index in [0.717, 1.165) is 19.3 Å². The Bertz CT molecular complexity index is 385. The number of carbonyl (C=O) groups excluding carboxylic acids is 2. The zero-order valence-electron chi connectivity index (χ0n) is 11.9. The largest absolute Gasteiger partial charge is 0.467 e. The fourth-order valence-corrected chi connectivity index (χ4v) is 4.98. The van der Waals surface area contributed by atoms with E-state index in [1.807, 2.05) is 0 Å². The molecular weight excluding hydrogens is 258 g/mol. The minimum atomic E-state index is -1.27. The van der Waals surface area contributed by atoms with Crippen molar-refractivity contribution in [3.05, 3.63) is 0 Å². The average Bonchev–Trinajstić information content (AvgIpc) is 2.41. The molecule has 0 heterocycles. The van der Waals surface area contributed by atoms with E-state index in [-0.39, 0.29) is 17.9 Å². The second-order valence-corrected chi connectivity index (χ2v) is 6.95. The van der Waals surface area contributed by atoms with Gasteiger partial charge in [-0.15, -0.1) is 0 Å². The Morgan fingerprint density at radius 2 is 1.70 bits per heavy atom. The molecule has 20 heavy (non-hydrogen) atoms. The summed E-state index contributed by atoms with van der Waals surface area (Å²) in [7, 11) is 1.23. The predicted molar refractivity (Wildman–Crippen MR) is 71.6 cm³/mol. The summed E-state index contributed by atoms with van der Waals surface area (Å²) in [5, 5.41) is 12.3. The third-order valence-corrected chi connectivity index (χ3v) is 5.45. The first-order chi connectivity index (χ1) is 9.52. The number of esters is 1. The van der Waals surface area contributed by atoms with Gasteiger partial charge >= 0.3 is 5.97 Å². The topological polar surface area (TPSA) is 75.6 Å². The molecule has 4 fully saturated rings. The summed E-state index contributed by atoms with van der Waals surface area (Å²) < 4.78 is 4.45. The molecule has 4 rings (SSSR count). The van der Waals surface area contributed by atoms with Crippen LogP contribution in [0.4, 0.5) is 0 Å². The molecule has 0 aromatic carbocycles. The summed E-state index contributed by atoms with van der Waals surface area (Å²) in [6.07, 6.45) is 5.56. The molecular formula is C15H23NO4. The third-order valence-electron chi connectivity index (χ3n) is 5.45. The van der Waals surface area contributed by atoms with E-state index in [4.69, 9.17) is 0 Å². The first-order valence-corrected chi connectivity index (χ1v) is 7.56. The smallest absolute Gasteiger partial charge is 0.336 e. The molecule has 1 unspecified atom stereocenters. The minimum Gasteiger partial charge on any atom is -0.467 e. The summed E-state index contributed by atoms with van der Waals surface area (Å²) in [5.74, 6) is 1.45. The average molecular weight is 281 g/mol. The number of amides is 1. The zero-order chi connectivity index (χ0) is 14.3. The van der Waals surface area contributed by atoms with E-state index >= 15 is 0 Å². The number of nitrogens with one attached hydrogen (secondary N) is 1. The van der Waals surface area contributed by atoms with Crippen molar-refractivity contribution in [2.45, 2.75) is 44.6 Å². The van der Waals surface area contributed by atoms with Crippen LogP contribution < -0.4 is 5.32 Å². The SMILES string of the molecule is COC(=O)C(O)CNC(=O)C12CC3CC(CC(C3)C1)C2. The number of rotatable bonds is 4. The first kappa shape index (κ1) is 13.9. The van der Waals surface area contributed by atoms with E-state index in [9.17, 15) is 14.7 Å². The molecule has 0 saturated heterocycles. The van der Waals surface area contributed by atoms with Crippen LogP contribution >= 0.6 is 0 Å². The van der Waals surface area contributed by atoms with Crippen LogP contribution in [-0.4, -0.2) is 36.7 Å². The number of ether oxygens (including phenoxy) is 1. The Morgan fingerprint density at radius 1 is 1.20 bits per heavy atom. The van der Waals surface area contributed by atoms with Gasteiger partial charge in [0.1, 0.15) is 0 Å². The molecule has 1 amide bonds. The monoisotopic (exact) mass is 281 g/mol. The van der Waals surface area contributed by atoms with E-state index in [1.54, 1.807) is 0 Å². The molecule has 4 saturated carbocycles. The Hall–Kier alpha value is -1.10. The van der Waals surface area contributed by atoms with Gasteiger partial charge in [0.2, 0.25) is 5.91 Å². The fraction of sp³-hybridized carbons (Fsp3) is 0.867. The highest BCUT2D eigenvalue weighted by atomic mass is 16.5. The van der Waals surface area contributed by atoms with Crippen LogP contribution in [0.3, 0.4) is 0 Å². The fourth-order valence-electron chi connectivity index (χ4n) is 4.98. The molecule has 0 aromatic heterocycles.